The molecule has 0 radical (unpaired) electrons. The van der Waals surface area contributed by atoms with Crippen LogP contribution in [-0.4, -0.2) is 40.3 Å². The summed E-state index contributed by atoms with van der Waals surface area (Å²) in [5.74, 6) is 0.373. The first-order chi connectivity index (χ1) is 6.12. The lowest BCUT2D eigenvalue weighted by Crippen LogP contribution is -2.28. The molecule has 0 saturated carbocycles. The number of rotatable bonds is 7. The number of hydrogen-bond donors (Lipinski definition) is 1. The molecule has 0 spiro atoms. The fourth-order valence-corrected chi connectivity index (χ4v) is 1.59. The van der Waals surface area contributed by atoms with Crippen molar-refractivity contribution in [1.29, 1.82) is 0 Å². The summed E-state index contributed by atoms with van der Waals surface area (Å²) in [5, 5.41) is 0. The Morgan fingerprint density at radius 2 is 2.15 bits per heavy atom. The number of ether oxygens (including phenoxy) is 1. The van der Waals surface area contributed by atoms with E-state index in [1.165, 1.54) is 7.11 Å². The van der Waals surface area contributed by atoms with Gasteiger partial charge in [0.05, 0.1) is 12.4 Å². The van der Waals surface area contributed by atoms with Crippen molar-refractivity contribution in [2.45, 2.75) is 0 Å². The molecule has 1 N–H and O–H groups in total. The summed E-state index contributed by atoms with van der Waals surface area (Å²) in [6.45, 7) is 0.479. The van der Waals surface area contributed by atoms with Gasteiger partial charge < -0.3 is 4.74 Å². The van der Waals surface area contributed by atoms with Crippen molar-refractivity contribution in [2.75, 3.05) is 31.9 Å². The molecule has 0 amide bonds. The number of allylic oxidation sites excluding steroid dienone is 1. The largest absolute Gasteiger partial charge is 0.384 e. The van der Waals surface area contributed by atoms with Crippen molar-refractivity contribution in [1.82, 2.24) is 4.72 Å². The average molecular weight is 228 g/mol. The summed E-state index contributed by atoms with van der Waals surface area (Å²) in [6.07, 6.45) is 3.34. The molecular weight excluding hydrogens is 214 g/mol. The normalized spacial score (nSPS) is 12.5. The SMILES string of the molecule is COCCS(=O)(=O)NC/C=C/CCl. The molecule has 0 fully saturated rings. The van der Waals surface area contributed by atoms with Crippen LogP contribution in [0.5, 0.6) is 0 Å². The zero-order valence-corrected chi connectivity index (χ0v) is 9.07. The molecule has 78 valence electrons. The van der Waals surface area contributed by atoms with E-state index in [-0.39, 0.29) is 18.9 Å². The third kappa shape index (κ3) is 8.24. The number of halogens is 1. The van der Waals surface area contributed by atoms with Crippen molar-refractivity contribution in [3.8, 4) is 0 Å². The molecule has 0 saturated heterocycles. The van der Waals surface area contributed by atoms with Crippen molar-refractivity contribution in [3.05, 3.63) is 12.2 Å². The van der Waals surface area contributed by atoms with Gasteiger partial charge in [-0.05, 0) is 0 Å². The highest BCUT2D eigenvalue weighted by molar-refractivity contribution is 7.89. The maximum atomic E-state index is 11.1. The van der Waals surface area contributed by atoms with Crippen LogP contribution in [0.1, 0.15) is 0 Å². The van der Waals surface area contributed by atoms with E-state index in [0.29, 0.717) is 5.88 Å². The minimum atomic E-state index is -3.19. The first-order valence-corrected chi connectivity index (χ1v) is 5.98. The smallest absolute Gasteiger partial charge is 0.214 e. The molecule has 13 heavy (non-hydrogen) atoms. The van der Waals surface area contributed by atoms with Gasteiger partial charge in [0.15, 0.2) is 0 Å². The number of sulfonamides is 1. The Morgan fingerprint density at radius 3 is 2.69 bits per heavy atom. The molecule has 0 aliphatic rings. The Balaban J connectivity index is 3.70. The molecule has 0 aliphatic heterocycles. The van der Waals surface area contributed by atoms with Gasteiger partial charge in [-0.15, -0.1) is 11.6 Å². The lowest BCUT2D eigenvalue weighted by molar-refractivity contribution is 0.217. The molecule has 0 bridgehead atoms. The Hall–Kier alpha value is -0.100. The van der Waals surface area contributed by atoms with E-state index < -0.39 is 10.0 Å². The van der Waals surface area contributed by atoms with E-state index in [1.54, 1.807) is 12.2 Å². The number of alkyl halides is 1. The van der Waals surface area contributed by atoms with Gasteiger partial charge in [-0.1, -0.05) is 12.2 Å². The Labute approximate surface area is 84.0 Å². The summed E-state index contributed by atoms with van der Waals surface area (Å²) in [7, 11) is -1.73. The quantitative estimate of drug-likeness (QED) is 0.504. The van der Waals surface area contributed by atoms with Crippen LogP contribution in [0.4, 0.5) is 0 Å². The molecule has 0 aromatic carbocycles. The molecule has 0 rings (SSSR count). The molecule has 0 unspecified atom stereocenters. The van der Waals surface area contributed by atoms with Gasteiger partial charge in [0.25, 0.3) is 0 Å². The van der Waals surface area contributed by atoms with E-state index in [2.05, 4.69) is 9.46 Å². The molecule has 0 aromatic rings. The van der Waals surface area contributed by atoms with E-state index >= 15 is 0 Å². The summed E-state index contributed by atoms with van der Waals surface area (Å²) in [6, 6.07) is 0. The Bertz CT molecular complexity index is 238. The zero-order chi connectivity index (χ0) is 10.2. The predicted molar refractivity (Wildman–Crippen MR) is 53.5 cm³/mol. The van der Waals surface area contributed by atoms with Crippen LogP contribution in [0.2, 0.25) is 0 Å². The lowest BCUT2D eigenvalue weighted by atomic mass is 10.5. The minimum Gasteiger partial charge on any atom is -0.384 e. The van der Waals surface area contributed by atoms with Gasteiger partial charge in [-0.25, -0.2) is 13.1 Å². The molecule has 0 aliphatic carbocycles. The van der Waals surface area contributed by atoms with Gasteiger partial charge >= 0.3 is 0 Å². The molecule has 0 atom stereocenters. The minimum absolute atomic E-state index is 0.0157. The fourth-order valence-electron chi connectivity index (χ4n) is 0.587. The topological polar surface area (TPSA) is 55.4 Å². The first kappa shape index (κ1) is 12.9. The molecule has 0 aromatic heterocycles. The monoisotopic (exact) mass is 227 g/mol. The lowest BCUT2D eigenvalue weighted by Gasteiger charge is -2.02. The van der Waals surface area contributed by atoms with Crippen molar-refractivity contribution in [2.24, 2.45) is 0 Å². The summed E-state index contributed by atoms with van der Waals surface area (Å²) in [5.41, 5.74) is 0. The van der Waals surface area contributed by atoms with Crippen LogP contribution >= 0.6 is 11.6 Å². The van der Waals surface area contributed by atoms with Crippen LogP contribution in [0.15, 0.2) is 12.2 Å². The van der Waals surface area contributed by atoms with E-state index in [1.807, 2.05) is 0 Å². The third-order valence-corrected chi connectivity index (χ3v) is 2.72. The molecular formula is C7H14ClNO3S. The Kier molecular flexibility index (Phi) is 7.26. The van der Waals surface area contributed by atoms with E-state index in [0.717, 1.165) is 0 Å². The predicted octanol–water partition coefficient (Wildman–Crippen LogP) is 0.347. The average Bonchev–Trinajstić information content (AvgIpc) is 2.09. The molecule has 6 heteroatoms. The van der Waals surface area contributed by atoms with Crippen molar-refractivity contribution >= 4 is 21.6 Å². The van der Waals surface area contributed by atoms with Crippen LogP contribution in [0.3, 0.4) is 0 Å². The fraction of sp³-hybridized carbons (Fsp3) is 0.714. The summed E-state index contributed by atoms with van der Waals surface area (Å²) < 4.78 is 29.2. The summed E-state index contributed by atoms with van der Waals surface area (Å²) >= 11 is 5.35. The second-order valence-electron chi connectivity index (χ2n) is 2.29. The maximum absolute atomic E-state index is 11.1. The van der Waals surface area contributed by atoms with Crippen molar-refractivity contribution < 1.29 is 13.2 Å². The second-order valence-corrected chi connectivity index (χ2v) is 4.52. The van der Waals surface area contributed by atoms with Crippen LogP contribution < -0.4 is 4.72 Å². The first-order valence-electron chi connectivity index (χ1n) is 3.79. The van der Waals surface area contributed by atoms with Gasteiger partial charge in [0.1, 0.15) is 0 Å². The van der Waals surface area contributed by atoms with Crippen LogP contribution in [0.25, 0.3) is 0 Å². The van der Waals surface area contributed by atoms with Gasteiger partial charge in [-0.2, -0.15) is 0 Å². The van der Waals surface area contributed by atoms with Crippen LogP contribution in [-0.2, 0) is 14.8 Å². The van der Waals surface area contributed by atoms with Gasteiger partial charge in [-0.3, -0.25) is 0 Å². The number of hydrogen-bond acceptors (Lipinski definition) is 3. The number of methoxy groups -OCH3 is 1. The highest BCUT2D eigenvalue weighted by Crippen LogP contribution is 1.85. The van der Waals surface area contributed by atoms with E-state index in [9.17, 15) is 8.42 Å². The molecule has 0 heterocycles. The van der Waals surface area contributed by atoms with E-state index in [4.69, 9.17) is 11.6 Å². The second kappa shape index (κ2) is 7.32. The highest BCUT2D eigenvalue weighted by Gasteiger charge is 2.06. The maximum Gasteiger partial charge on any atom is 0.214 e. The van der Waals surface area contributed by atoms with Gasteiger partial charge in [0, 0.05) is 19.5 Å². The highest BCUT2D eigenvalue weighted by atomic mass is 35.5. The van der Waals surface area contributed by atoms with Crippen molar-refractivity contribution in [3.63, 3.8) is 0 Å². The molecule has 4 nitrogen and oxygen atoms in total. The summed E-state index contributed by atoms with van der Waals surface area (Å²) in [4.78, 5) is 0. The standard InChI is InChI=1S/C7H14ClNO3S/c1-12-6-7-13(10,11)9-5-3-2-4-8/h2-3,9H,4-7H2,1H3/b3-2+. The zero-order valence-electron chi connectivity index (χ0n) is 7.49. The van der Waals surface area contributed by atoms with Crippen LogP contribution in [0, 0.1) is 0 Å². The Morgan fingerprint density at radius 1 is 1.46 bits per heavy atom. The van der Waals surface area contributed by atoms with Gasteiger partial charge in [0.2, 0.25) is 10.0 Å². The third-order valence-electron chi connectivity index (χ3n) is 1.23. The number of nitrogens with one attached hydrogen (secondary N) is 1.